The Balaban J connectivity index is 1.79. The van der Waals surface area contributed by atoms with Crippen LogP contribution in [0.3, 0.4) is 0 Å². The van der Waals surface area contributed by atoms with E-state index in [-0.39, 0.29) is 5.91 Å². The lowest BCUT2D eigenvalue weighted by Crippen LogP contribution is -2.38. The van der Waals surface area contributed by atoms with Crippen LogP contribution in [0.15, 0.2) is 36.4 Å². The summed E-state index contributed by atoms with van der Waals surface area (Å²) in [6.45, 7) is 6.18. The number of carbonyl (C=O) groups is 1. The van der Waals surface area contributed by atoms with Gasteiger partial charge >= 0.3 is 0 Å². The van der Waals surface area contributed by atoms with Gasteiger partial charge in [-0.05, 0) is 56.2 Å². The molecule has 0 fully saturated rings. The van der Waals surface area contributed by atoms with Gasteiger partial charge in [-0.1, -0.05) is 35.3 Å². The van der Waals surface area contributed by atoms with Crippen molar-refractivity contribution in [2.24, 2.45) is 0 Å². The quantitative estimate of drug-likeness (QED) is 0.714. The Bertz CT molecular complexity index is 726. The van der Waals surface area contributed by atoms with E-state index in [2.05, 4.69) is 5.32 Å². The van der Waals surface area contributed by atoms with Crippen LogP contribution in [0.25, 0.3) is 0 Å². The summed E-state index contributed by atoms with van der Waals surface area (Å²) in [6, 6.07) is 10.8. The molecule has 1 N–H and O–H groups in total. The zero-order chi connectivity index (χ0) is 18.4. The van der Waals surface area contributed by atoms with Crippen LogP contribution >= 0.6 is 23.2 Å². The van der Waals surface area contributed by atoms with Gasteiger partial charge in [-0.25, -0.2) is 0 Å². The van der Waals surface area contributed by atoms with E-state index >= 15 is 0 Å². The molecule has 4 nitrogen and oxygen atoms in total. The summed E-state index contributed by atoms with van der Waals surface area (Å²) in [7, 11) is 0. The molecule has 0 aliphatic heterocycles. The summed E-state index contributed by atoms with van der Waals surface area (Å²) in [5.74, 6) is 0.997. The maximum absolute atomic E-state index is 12.1. The zero-order valence-corrected chi connectivity index (χ0v) is 15.9. The fourth-order valence-electron chi connectivity index (χ4n) is 2.27. The lowest BCUT2D eigenvalue weighted by atomic mass is 10.1. The number of nitrogens with one attached hydrogen (secondary N) is 1. The molecule has 2 aromatic carbocycles. The molecule has 2 rings (SSSR count). The number of para-hydroxylation sites is 1. The molecule has 0 heterocycles. The highest BCUT2D eigenvalue weighted by Gasteiger charge is 2.15. The lowest BCUT2D eigenvalue weighted by Gasteiger charge is -2.16. The van der Waals surface area contributed by atoms with Gasteiger partial charge in [-0.3, -0.25) is 4.79 Å². The Morgan fingerprint density at radius 2 is 1.80 bits per heavy atom. The van der Waals surface area contributed by atoms with E-state index in [0.29, 0.717) is 34.7 Å². The molecule has 25 heavy (non-hydrogen) atoms. The van der Waals surface area contributed by atoms with Crippen LogP contribution in [-0.2, 0) is 4.79 Å². The molecule has 1 atom stereocenters. The number of ether oxygens (including phenoxy) is 2. The van der Waals surface area contributed by atoms with Crippen LogP contribution in [0, 0.1) is 13.8 Å². The minimum atomic E-state index is -0.625. The summed E-state index contributed by atoms with van der Waals surface area (Å²) in [5, 5.41) is 4.03. The van der Waals surface area contributed by atoms with Crippen molar-refractivity contribution < 1.29 is 14.3 Å². The average Bonchev–Trinajstić information content (AvgIpc) is 2.57. The normalized spacial score (nSPS) is 11.7. The third-order valence-corrected chi connectivity index (χ3v) is 4.50. The fraction of sp³-hybridized carbons (Fsp3) is 0.316. The van der Waals surface area contributed by atoms with Gasteiger partial charge in [0.1, 0.15) is 18.1 Å². The third-order valence-electron chi connectivity index (χ3n) is 3.59. The Morgan fingerprint density at radius 1 is 1.16 bits per heavy atom. The number of rotatable bonds is 7. The molecular formula is C19H21Cl2NO3. The second-order valence-electron chi connectivity index (χ2n) is 5.70. The first-order valence-corrected chi connectivity index (χ1v) is 8.72. The predicted molar refractivity (Wildman–Crippen MR) is 101 cm³/mol. The minimum Gasteiger partial charge on any atom is -0.490 e. The summed E-state index contributed by atoms with van der Waals surface area (Å²) in [6.07, 6.45) is -0.625. The molecule has 1 unspecified atom stereocenters. The maximum Gasteiger partial charge on any atom is 0.260 e. The van der Waals surface area contributed by atoms with Crippen LogP contribution < -0.4 is 14.8 Å². The molecule has 0 aromatic heterocycles. The lowest BCUT2D eigenvalue weighted by molar-refractivity contribution is -0.127. The maximum atomic E-state index is 12.1. The summed E-state index contributed by atoms with van der Waals surface area (Å²) in [4.78, 5) is 12.1. The van der Waals surface area contributed by atoms with Crippen LogP contribution in [0.2, 0.25) is 10.0 Å². The SMILES string of the molecule is Cc1cc(OC(C)C(=O)NCCOc2ccccc2Cl)cc(C)c1Cl. The van der Waals surface area contributed by atoms with Crippen LogP contribution in [0.5, 0.6) is 11.5 Å². The van der Waals surface area contributed by atoms with Gasteiger partial charge in [0.05, 0.1) is 11.6 Å². The van der Waals surface area contributed by atoms with Gasteiger partial charge < -0.3 is 14.8 Å². The summed E-state index contributed by atoms with van der Waals surface area (Å²) < 4.78 is 11.2. The van der Waals surface area contributed by atoms with Crippen molar-refractivity contribution in [1.82, 2.24) is 5.32 Å². The van der Waals surface area contributed by atoms with Crippen LogP contribution in [0.4, 0.5) is 0 Å². The van der Waals surface area contributed by atoms with Gasteiger partial charge in [-0.15, -0.1) is 0 Å². The van der Waals surface area contributed by atoms with Gasteiger partial charge in [0.2, 0.25) is 0 Å². The molecule has 0 aliphatic rings. The van der Waals surface area contributed by atoms with Crippen LogP contribution in [0.1, 0.15) is 18.1 Å². The largest absolute Gasteiger partial charge is 0.490 e. The fourth-order valence-corrected chi connectivity index (χ4v) is 2.57. The van der Waals surface area contributed by atoms with E-state index in [9.17, 15) is 4.79 Å². The van der Waals surface area contributed by atoms with Crippen LogP contribution in [-0.4, -0.2) is 25.2 Å². The Morgan fingerprint density at radius 3 is 2.44 bits per heavy atom. The number of amides is 1. The second-order valence-corrected chi connectivity index (χ2v) is 6.49. The van der Waals surface area contributed by atoms with Crippen molar-refractivity contribution in [2.75, 3.05) is 13.2 Å². The smallest absolute Gasteiger partial charge is 0.260 e. The standard InChI is InChI=1S/C19H21Cl2NO3/c1-12-10-15(11-13(2)18(12)21)25-14(3)19(23)22-8-9-24-17-7-5-4-6-16(17)20/h4-7,10-11,14H,8-9H2,1-3H3,(H,22,23). The summed E-state index contributed by atoms with van der Waals surface area (Å²) in [5.41, 5.74) is 1.83. The van der Waals surface area contributed by atoms with Gasteiger partial charge in [0.25, 0.3) is 5.91 Å². The number of aryl methyl sites for hydroxylation is 2. The Hall–Kier alpha value is -1.91. The van der Waals surface area contributed by atoms with Crippen molar-refractivity contribution >= 4 is 29.1 Å². The molecule has 0 aliphatic carbocycles. The van der Waals surface area contributed by atoms with Gasteiger partial charge in [0.15, 0.2) is 6.10 Å². The van der Waals surface area contributed by atoms with E-state index in [0.717, 1.165) is 11.1 Å². The number of hydrogen-bond acceptors (Lipinski definition) is 3. The monoisotopic (exact) mass is 381 g/mol. The van der Waals surface area contributed by atoms with Crippen molar-refractivity contribution in [3.63, 3.8) is 0 Å². The summed E-state index contributed by atoms with van der Waals surface area (Å²) >= 11 is 12.1. The average molecular weight is 382 g/mol. The van der Waals surface area contributed by atoms with Gasteiger partial charge in [0, 0.05) is 5.02 Å². The highest BCUT2D eigenvalue weighted by molar-refractivity contribution is 6.32. The first kappa shape index (κ1) is 19.4. The van der Waals surface area contributed by atoms with E-state index in [4.69, 9.17) is 32.7 Å². The number of benzene rings is 2. The van der Waals surface area contributed by atoms with E-state index < -0.39 is 6.10 Å². The predicted octanol–water partition coefficient (Wildman–Crippen LogP) is 4.57. The second kappa shape index (κ2) is 8.97. The third kappa shape index (κ3) is 5.55. The first-order chi connectivity index (χ1) is 11.9. The van der Waals surface area contributed by atoms with Crippen molar-refractivity contribution in [3.8, 4) is 11.5 Å². The molecule has 134 valence electrons. The molecule has 0 radical (unpaired) electrons. The van der Waals surface area contributed by atoms with Crippen molar-refractivity contribution in [3.05, 3.63) is 57.6 Å². The van der Waals surface area contributed by atoms with E-state index in [1.54, 1.807) is 19.1 Å². The minimum absolute atomic E-state index is 0.215. The molecule has 0 saturated carbocycles. The number of halogens is 2. The molecule has 6 heteroatoms. The van der Waals surface area contributed by atoms with Gasteiger partial charge in [-0.2, -0.15) is 0 Å². The molecule has 0 saturated heterocycles. The topological polar surface area (TPSA) is 47.6 Å². The highest BCUT2D eigenvalue weighted by Crippen LogP contribution is 2.26. The molecular weight excluding hydrogens is 361 g/mol. The molecule has 2 aromatic rings. The van der Waals surface area contributed by atoms with E-state index in [1.165, 1.54) is 0 Å². The number of carbonyl (C=O) groups excluding carboxylic acids is 1. The Labute approximate surface area is 158 Å². The van der Waals surface area contributed by atoms with E-state index in [1.807, 2.05) is 38.1 Å². The van der Waals surface area contributed by atoms with Crippen molar-refractivity contribution in [1.29, 1.82) is 0 Å². The number of hydrogen-bond donors (Lipinski definition) is 1. The Kier molecular flexibility index (Phi) is 6.97. The zero-order valence-electron chi connectivity index (χ0n) is 14.4. The van der Waals surface area contributed by atoms with Crippen molar-refractivity contribution in [2.45, 2.75) is 26.9 Å². The first-order valence-electron chi connectivity index (χ1n) is 7.97. The highest BCUT2D eigenvalue weighted by atomic mass is 35.5. The molecule has 0 spiro atoms. The molecule has 1 amide bonds. The molecule has 0 bridgehead atoms.